The lowest BCUT2D eigenvalue weighted by atomic mass is 9.93. The van der Waals surface area contributed by atoms with E-state index in [9.17, 15) is 0 Å². The molecule has 1 atom stereocenters. The molecule has 3 nitrogen and oxygen atoms in total. The number of hydrogen-bond donors (Lipinski definition) is 1. The van der Waals surface area contributed by atoms with Crippen LogP contribution in [0.15, 0.2) is 53.8 Å². The molecule has 0 fully saturated rings. The SMILES string of the molecule is CCSSCC[n+]1ccccc1/C(C)=C/C1=C(C)CC(N(C)CCO)C=C1. The lowest BCUT2D eigenvalue weighted by Crippen LogP contribution is -2.38. The van der Waals surface area contributed by atoms with Gasteiger partial charge in [-0.2, -0.15) is 4.57 Å². The fraction of sp³-hybridized carbons (Fsp3) is 0.500. The first-order valence-electron chi connectivity index (χ1n) is 9.67. The standard InChI is InChI=1S/C22H33N2OS2/c1-5-26-27-15-13-24-11-7-6-8-22(24)19(3)16-20-9-10-21(17-18(20)2)23(4)12-14-25/h6-11,16,21,25H,5,12-15,17H2,1-4H3/q+1/b19-16+. The minimum Gasteiger partial charge on any atom is -0.395 e. The van der Waals surface area contributed by atoms with Gasteiger partial charge in [0.15, 0.2) is 12.7 Å². The van der Waals surface area contributed by atoms with Crippen LogP contribution in [0.5, 0.6) is 0 Å². The van der Waals surface area contributed by atoms with Gasteiger partial charge in [0.05, 0.1) is 12.4 Å². The second-order valence-electron chi connectivity index (χ2n) is 6.91. The summed E-state index contributed by atoms with van der Waals surface area (Å²) in [5.74, 6) is 2.28. The summed E-state index contributed by atoms with van der Waals surface area (Å²) in [5.41, 5.74) is 5.30. The molecule has 1 N–H and O–H groups in total. The Labute approximate surface area is 172 Å². The molecule has 1 unspecified atom stereocenters. The molecule has 1 aliphatic rings. The molecule has 2 rings (SSSR count). The number of aromatic nitrogens is 1. The van der Waals surface area contributed by atoms with E-state index in [1.54, 1.807) is 0 Å². The minimum atomic E-state index is 0.207. The first-order valence-corrected chi connectivity index (χ1v) is 12.2. The molecule has 27 heavy (non-hydrogen) atoms. The van der Waals surface area contributed by atoms with Gasteiger partial charge in [0.2, 0.25) is 5.69 Å². The Kier molecular flexibility index (Phi) is 9.69. The Bertz CT molecular complexity index is 697. The zero-order valence-corrected chi connectivity index (χ0v) is 18.7. The number of pyridine rings is 1. The van der Waals surface area contributed by atoms with Crippen molar-refractivity contribution in [2.45, 2.75) is 39.8 Å². The van der Waals surface area contributed by atoms with Crippen LogP contribution in [-0.2, 0) is 6.54 Å². The molecule has 0 saturated carbocycles. The highest BCUT2D eigenvalue weighted by atomic mass is 33.1. The van der Waals surface area contributed by atoms with Crippen LogP contribution < -0.4 is 4.57 Å². The van der Waals surface area contributed by atoms with Crippen LogP contribution in [0, 0.1) is 0 Å². The van der Waals surface area contributed by atoms with Crippen molar-refractivity contribution >= 4 is 27.2 Å². The molecule has 1 aromatic heterocycles. The van der Waals surface area contributed by atoms with Crippen LogP contribution >= 0.6 is 21.6 Å². The molecule has 0 aliphatic heterocycles. The van der Waals surface area contributed by atoms with E-state index in [4.69, 9.17) is 5.11 Å². The quantitative estimate of drug-likeness (QED) is 0.356. The van der Waals surface area contributed by atoms with E-state index in [1.807, 2.05) is 21.6 Å². The summed E-state index contributed by atoms with van der Waals surface area (Å²) in [5, 5.41) is 9.16. The van der Waals surface area contributed by atoms with E-state index in [0.29, 0.717) is 12.6 Å². The number of likely N-dealkylation sites (N-methyl/N-ethyl adjacent to an activating group) is 1. The van der Waals surface area contributed by atoms with Crippen LogP contribution in [0.1, 0.15) is 32.9 Å². The van der Waals surface area contributed by atoms with Gasteiger partial charge in [-0.05, 0) is 45.0 Å². The second kappa shape index (κ2) is 11.7. The smallest absolute Gasteiger partial charge is 0.208 e. The molecule has 0 amide bonds. The molecule has 1 heterocycles. The average Bonchev–Trinajstić information content (AvgIpc) is 2.67. The normalized spacial score (nSPS) is 17.9. The van der Waals surface area contributed by atoms with Gasteiger partial charge in [-0.15, -0.1) is 0 Å². The first-order chi connectivity index (χ1) is 13.1. The van der Waals surface area contributed by atoms with Gasteiger partial charge in [0, 0.05) is 36.0 Å². The summed E-state index contributed by atoms with van der Waals surface area (Å²) in [4.78, 5) is 2.21. The van der Waals surface area contributed by atoms with Crippen LogP contribution in [0.25, 0.3) is 5.57 Å². The summed E-state index contributed by atoms with van der Waals surface area (Å²) in [7, 11) is 5.95. The maximum atomic E-state index is 9.16. The van der Waals surface area contributed by atoms with E-state index in [1.165, 1.54) is 22.4 Å². The molecule has 1 aliphatic carbocycles. The van der Waals surface area contributed by atoms with Gasteiger partial charge in [-0.1, -0.05) is 46.2 Å². The van der Waals surface area contributed by atoms with Crippen molar-refractivity contribution in [1.82, 2.24) is 4.90 Å². The number of allylic oxidation sites excluding steroid dienone is 4. The Hall–Kier alpha value is -1.01. The molecule has 0 radical (unpaired) electrons. The van der Waals surface area contributed by atoms with Crippen LogP contribution in [0.3, 0.4) is 0 Å². The molecule has 0 spiro atoms. The molecule has 148 valence electrons. The highest BCUT2D eigenvalue weighted by Gasteiger charge is 2.18. The highest BCUT2D eigenvalue weighted by Crippen LogP contribution is 2.25. The summed E-state index contributed by atoms with van der Waals surface area (Å²) in [6.45, 7) is 8.58. The number of aryl methyl sites for hydroxylation is 1. The second-order valence-corrected chi connectivity index (χ2v) is 9.78. The zero-order valence-electron chi connectivity index (χ0n) is 17.0. The van der Waals surface area contributed by atoms with Crippen molar-refractivity contribution in [3.8, 4) is 0 Å². The molecular formula is C22H33N2OS2+. The molecule has 0 saturated heterocycles. The van der Waals surface area contributed by atoms with Crippen LogP contribution in [-0.4, -0.2) is 47.8 Å². The van der Waals surface area contributed by atoms with E-state index in [-0.39, 0.29) is 6.61 Å². The number of nitrogens with zero attached hydrogens (tertiary/aromatic N) is 2. The lowest BCUT2D eigenvalue weighted by Gasteiger charge is -2.28. The van der Waals surface area contributed by atoms with Crippen molar-refractivity contribution in [1.29, 1.82) is 0 Å². The van der Waals surface area contributed by atoms with Crippen LogP contribution in [0.2, 0.25) is 0 Å². The predicted octanol–water partition coefficient (Wildman–Crippen LogP) is 4.35. The monoisotopic (exact) mass is 405 g/mol. The number of aliphatic hydroxyl groups is 1. The summed E-state index contributed by atoms with van der Waals surface area (Å²) in [6, 6.07) is 6.82. The van der Waals surface area contributed by atoms with E-state index >= 15 is 0 Å². The molecule has 0 bridgehead atoms. The lowest BCUT2D eigenvalue weighted by molar-refractivity contribution is -0.694. The zero-order chi connectivity index (χ0) is 19.6. The topological polar surface area (TPSA) is 27.4 Å². The molecular weight excluding hydrogens is 372 g/mol. The van der Waals surface area contributed by atoms with Gasteiger partial charge in [-0.25, -0.2) is 0 Å². The summed E-state index contributed by atoms with van der Waals surface area (Å²) >= 11 is 0. The molecule has 5 heteroatoms. The molecule has 0 aromatic carbocycles. The van der Waals surface area contributed by atoms with E-state index < -0.39 is 0 Å². The number of aliphatic hydroxyl groups excluding tert-OH is 1. The number of hydrogen-bond acceptors (Lipinski definition) is 4. The Morgan fingerprint density at radius 2 is 2.19 bits per heavy atom. The van der Waals surface area contributed by atoms with Crippen molar-refractivity contribution < 1.29 is 9.67 Å². The molecule has 1 aromatic rings. The fourth-order valence-electron chi connectivity index (χ4n) is 3.27. The maximum Gasteiger partial charge on any atom is 0.208 e. The van der Waals surface area contributed by atoms with Crippen molar-refractivity contribution in [3.05, 3.63) is 59.5 Å². The van der Waals surface area contributed by atoms with E-state index in [0.717, 1.165) is 24.5 Å². The Morgan fingerprint density at radius 3 is 2.89 bits per heavy atom. The largest absolute Gasteiger partial charge is 0.395 e. The van der Waals surface area contributed by atoms with Crippen molar-refractivity contribution in [2.24, 2.45) is 0 Å². The van der Waals surface area contributed by atoms with Crippen LogP contribution in [0.4, 0.5) is 0 Å². The fourth-order valence-corrected chi connectivity index (χ4v) is 4.90. The first kappa shape index (κ1) is 22.3. The average molecular weight is 406 g/mol. The Balaban J connectivity index is 2.11. The minimum absolute atomic E-state index is 0.207. The summed E-state index contributed by atoms with van der Waals surface area (Å²) in [6.07, 6.45) is 10.0. The van der Waals surface area contributed by atoms with Gasteiger partial charge in [-0.3, -0.25) is 4.90 Å². The third kappa shape index (κ3) is 6.83. The van der Waals surface area contributed by atoms with Gasteiger partial charge in [0.25, 0.3) is 0 Å². The van der Waals surface area contributed by atoms with E-state index in [2.05, 4.69) is 79.9 Å². The van der Waals surface area contributed by atoms with Gasteiger partial charge < -0.3 is 5.11 Å². The third-order valence-electron chi connectivity index (χ3n) is 4.86. The third-order valence-corrected chi connectivity index (χ3v) is 7.32. The van der Waals surface area contributed by atoms with Gasteiger partial charge >= 0.3 is 0 Å². The number of rotatable bonds is 10. The van der Waals surface area contributed by atoms with Crippen molar-refractivity contribution in [3.63, 3.8) is 0 Å². The van der Waals surface area contributed by atoms with Gasteiger partial charge in [0.1, 0.15) is 0 Å². The summed E-state index contributed by atoms with van der Waals surface area (Å²) < 4.78 is 2.36. The highest BCUT2D eigenvalue weighted by molar-refractivity contribution is 8.76. The van der Waals surface area contributed by atoms with Crippen molar-refractivity contribution in [2.75, 3.05) is 31.7 Å². The maximum absolute atomic E-state index is 9.16. The predicted molar refractivity (Wildman–Crippen MR) is 121 cm³/mol. The Morgan fingerprint density at radius 1 is 1.37 bits per heavy atom.